The SMILES string of the molecule is NS(=O)(=O)c1cc(F)ccc1OCc1cc(Br)ccc1F. The summed E-state index contributed by atoms with van der Waals surface area (Å²) >= 11 is 3.19. The summed E-state index contributed by atoms with van der Waals surface area (Å²) in [6.07, 6.45) is 0. The molecule has 0 amide bonds. The number of rotatable bonds is 4. The van der Waals surface area contributed by atoms with E-state index in [2.05, 4.69) is 15.9 Å². The van der Waals surface area contributed by atoms with Crippen LogP contribution in [0.3, 0.4) is 0 Å². The predicted octanol–water partition coefficient (Wildman–Crippen LogP) is 2.95. The van der Waals surface area contributed by atoms with Crippen LogP contribution in [-0.4, -0.2) is 8.42 Å². The Kier molecular flexibility index (Phi) is 4.60. The van der Waals surface area contributed by atoms with Crippen LogP contribution in [0.15, 0.2) is 45.8 Å². The smallest absolute Gasteiger partial charge is 0.241 e. The molecule has 0 aromatic heterocycles. The van der Waals surface area contributed by atoms with Crippen LogP contribution >= 0.6 is 15.9 Å². The van der Waals surface area contributed by atoms with Crippen molar-refractivity contribution in [3.05, 3.63) is 58.1 Å². The Bertz CT molecular complexity index is 781. The zero-order chi connectivity index (χ0) is 15.6. The molecule has 21 heavy (non-hydrogen) atoms. The highest BCUT2D eigenvalue weighted by molar-refractivity contribution is 9.10. The Balaban J connectivity index is 2.30. The lowest BCUT2D eigenvalue weighted by atomic mass is 10.2. The van der Waals surface area contributed by atoms with Crippen molar-refractivity contribution < 1.29 is 21.9 Å². The van der Waals surface area contributed by atoms with Gasteiger partial charge in [0.2, 0.25) is 10.0 Å². The van der Waals surface area contributed by atoms with Gasteiger partial charge in [0.05, 0.1) is 0 Å². The fourth-order valence-corrected chi connectivity index (χ4v) is 2.73. The molecule has 8 heteroatoms. The van der Waals surface area contributed by atoms with Gasteiger partial charge in [0, 0.05) is 10.0 Å². The van der Waals surface area contributed by atoms with E-state index in [1.165, 1.54) is 18.2 Å². The quantitative estimate of drug-likeness (QED) is 0.890. The Morgan fingerprint density at radius 1 is 1.14 bits per heavy atom. The number of ether oxygens (including phenoxy) is 1. The van der Waals surface area contributed by atoms with Crippen LogP contribution in [0.2, 0.25) is 0 Å². The molecule has 2 aromatic carbocycles. The molecule has 0 atom stereocenters. The first-order chi connectivity index (χ1) is 9.77. The summed E-state index contributed by atoms with van der Waals surface area (Å²) in [5, 5.41) is 4.99. The summed E-state index contributed by atoms with van der Waals surface area (Å²) < 4.78 is 55.4. The number of hydrogen-bond donors (Lipinski definition) is 1. The molecule has 0 spiro atoms. The van der Waals surface area contributed by atoms with Crippen molar-refractivity contribution in [2.24, 2.45) is 5.14 Å². The van der Waals surface area contributed by atoms with E-state index in [1.807, 2.05) is 0 Å². The summed E-state index contributed by atoms with van der Waals surface area (Å²) in [6, 6.07) is 7.17. The molecule has 0 fully saturated rings. The summed E-state index contributed by atoms with van der Waals surface area (Å²) in [7, 11) is -4.15. The third kappa shape index (κ3) is 3.99. The van der Waals surface area contributed by atoms with Gasteiger partial charge in [0.15, 0.2) is 0 Å². The van der Waals surface area contributed by atoms with Crippen molar-refractivity contribution in [1.29, 1.82) is 0 Å². The van der Waals surface area contributed by atoms with Crippen LogP contribution in [0.25, 0.3) is 0 Å². The van der Waals surface area contributed by atoms with Gasteiger partial charge in [-0.1, -0.05) is 15.9 Å². The molecule has 112 valence electrons. The highest BCUT2D eigenvalue weighted by Gasteiger charge is 2.17. The molecule has 4 nitrogen and oxygen atoms in total. The predicted molar refractivity (Wildman–Crippen MR) is 76.2 cm³/mol. The van der Waals surface area contributed by atoms with E-state index in [9.17, 15) is 17.2 Å². The number of sulfonamides is 1. The fourth-order valence-electron chi connectivity index (χ4n) is 1.63. The van der Waals surface area contributed by atoms with Crippen LogP contribution in [0.4, 0.5) is 8.78 Å². The molecule has 0 unspecified atom stereocenters. The molecule has 0 saturated heterocycles. The molecule has 0 aliphatic rings. The number of benzene rings is 2. The van der Waals surface area contributed by atoms with Crippen LogP contribution < -0.4 is 9.88 Å². The summed E-state index contributed by atoms with van der Waals surface area (Å²) in [6.45, 7) is -0.223. The average Bonchev–Trinajstić information content (AvgIpc) is 2.40. The van der Waals surface area contributed by atoms with E-state index in [1.54, 1.807) is 0 Å². The van der Waals surface area contributed by atoms with E-state index in [-0.39, 0.29) is 17.9 Å². The van der Waals surface area contributed by atoms with Crippen molar-refractivity contribution in [2.45, 2.75) is 11.5 Å². The highest BCUT2D eigenvalue weighted by atomic mass is 79.9. The summed E-state index contributed by atoms with van der Waals surface area (Å²) in [5.41, 5.74) is 0.217. The van der Waals surface area contributed by atoms with Crippen molar-refractivity contribution in [3.8, 4) is 5.75 Å². The molecule has 2 aromatic rings. The summed E-state index contributed by atoms with van der Waals surface area (Å²) in [4.78, 5) is -0.488. The lowest BCUT2D eigenvalue weighted by Crippen LogP contribution is -2.14. The van der Waals surface area contributed by atoms with Crippen molar-refractivity contribution >= 4 is 26.0 Å². The van der Waals surface area contributed by atoms with Crippen molar-refractivity contribution in [2.75, 3.05) is 0 Å². The van der Waals surface area contributed by atoms with E-state index >= 15 is 0 Å². The van der Waals surface area contributed by atoms with Crippen LogP contribution in [-0.2, 0) is 16.6 Å². The maximum Gasteiger partial charge on any atom is 0.241 e. The maximum absolute atomic E-state index is 13.6. The van der Waals surface area contributed by atoms with E-state index < -0.39 is 26.6 Å². The monoisotopic (exact) mass is 377 g/mol. The number of halogens is 3. The topological polar surface area (TPSA) is 69.4 Å². The second-order valence-electron chi connectivity index (χ2n) is 4.16. The highest BCUT2D eigenvalue weighted by Crippen LogP contribution is 2.25. The molecule has 0 saturated carbocycles. The van der Waals surface area contributed by atoms with Crippen molar-refractivity contribution in [1.82, 2.24) is 0 Å². The molecule has 2 N–H and O–H groups in total. The van der Waals surface area contributed by atoms with E-state index in [4.69, 9.17) is 9.88 Å². The molecule has 0 aliphatic carbocycles. The average molecular weight is 378 g/mol. The molecule has 0 bridgehead atoms. The maximum atomic E-state index is 13.6. The van der Waals surface area contributed by atoms with Gasteiger partial charge in [-0.15, -0.1) is 0 Å². The third-order valence-electron chi connectivity index (χ3n) is 2.60. The molecule has 0 radical (unpaired) electrons. The van der Waals surface area contributed by atoms with Crippen LogP contribution in [0, 0.1) is 11.6 Å². The minimum atomic E-state index is -4.15. The molecular weight excluding hydrogens is 368 g/mol. The van der Waals surface area contributed by atoms with Gasteiger partial charge < -0.3 is 4.74 Å². The second-order valence-corrected chi connectivity index (χ2v) is 6.61. The first-order valence-corrected chi connectivity index (χ1v) is 8.00. The second kappa shape index (κ2) is 6.08. The first-order valence-electron chi connectivity index (χ1n) is 5.66. The molecule has 2 rings (SSSR count). The Morgan fingerprint density at radius 3 is 2.52 bits per heavy atom. The molecule has 0 aliphatic heterocycles. The van der Waals surface area contributed by atoms with E-state index in [0.717, 1.165) is 18.2 Å². The minimum absolute atomic E-state index is 0.140. The van der Waals surface area contributed by atoms with Gasteiger partial charge >= 0.3 is 0 Å². The Hall–Kier alpha value is -1.51. The lowest BCUT2D eigenvalue weighted by molar-refractivity contribution is 0.291. The van der Waals surface area contributed by atoms with Crippen LogP contribution in [0.5, 0.6) is 5.75 Å². The van der Waals surface area contributed by atoms with Gasteiger partial charge in [-0.3, -0.25) is 0 Å². The number of nitrogens with two attached hydrogens (primary N) is 1. The van der Waals surface area contributed by atoms with Crippen molar-refractivity contribution in [3.63, 3.8) is 0 Å². The zero-order valence-corrected chi connectivity index (χ0v) is 12.9. The van der Waals surface area contributed by atoms with E-state index in [0.29, 0.717) is 4.47 Å². The Morgan fingerprint density at radius 2 is 1.86 bits per heavy atom. The fraction of sp³-hybridized carbons (Fsp3) is 0.0769. The van der Waals surface area contributed by atoms with Gasteiger partial charge in [-0.2, -0.15) is 0 Å². The minimum Gasteiger partial charge on any atom is -0.487 e. The zero-order valence-electron chi connectivity index (χ0n) is 10.5. The standard InChI is InChI=1S/C13H10BrF2NO3S/c14-9-1-3-11(16)8(5-9)7-20-12-4-2-10(15)6-13(12)21(17,18)19/h1-6H,7H2,(H2,17,18,19). The largest absolute Gasteiger partial charge is 0.487 e. The van der Waals surface area contributed by atoms with Gasteiger partial charge in [-0.25, -0.2) is 22.3 Å². The van der Waals surface area contributed by atoms with Gasteiger partial charge in [-0.05, 0) is 36.4 Å². The normalized spacial score (nSPS) is 11.4. The number of primary sulfonamides is 1. The van der Waals surface area contributed by atoms with Gasteiger partial charge in [0.1, 0.15) is 28.9 Å². The summed E-state index contributed by atoms with van der Waals surface area (Å²) in [5.74, 6) is -1.41. The third-order valence-corrected chi connectivity index (χ3v) is 4.03. The molecular formula is C13H10BrF2NO3S. The first kappa shape index (κ1) is 15.9. The Labute approximate surface area is 128 Å². The van der Waals surface area contributed by atoms with Crippen LogP contribution in [0.1, 0.15) is 5.56 Å². The lowest BCUT2D eigenvalue weighted by Gasteiger charge is -2.11. The van der Waals surface area contributed by atoms with Gasteiger partial charge in [0.25, 0.3) is 0 Å². The molecule has 0 heterocycles. The number of hydrogen-bond acceptors (Lipinski definition) is 3.